The number of amides is 1. The summed E-state index contributed by atoms with van der Waals surface area (Å²) < 4.78 is 27.8. The molecule has 3 rings (SSSR count). The standard InChI is InChI=1S/C21H24Cl2N2O3S/c1-15-7-10-18(11-8-15)29(27,28)25(17-9-12-19(22)20(23)13-17)14-21(26)24-16-5-3-2-4-6-16/h7-13,16H,2-6,14H2,1H3,(H,24,26). The van der Waals surface area contributed by atoms with Gasteiger partial charge in [-0.05, 0) is 50.1 Å². The molecular weight excluding hydrogens is 431 g/mol. The summed E-state index contributed by atoms with van der Waals surface area (Å²) in [6.45, 7) is 1.55. The Hall–Kier alpha value is -1.76. The average molecular weight is 455 g/mol. The topological polar surface area (TPSA) is 66.5 Å². The molecule has 5 nitrogen and oxygen atoms in total. The normalized spacial score (nSPS) is 15.1. The Morgan fingerprint density at radius 3 is 2.31 bits per heavy atom. The Kier molecular flexibility index (Phi) is 7.09. The third-order valence-electron chi connectivity index (χ3n) is 5.06. The first-order valence-corrected chi connectivity index (χ1v) is 11.8. The summed E-state index contributed by atoms with van der Waals surface area (Å²) in [6.07, 6.45) is 5.16. The predicted molar refractivity (Wildman–Crippen MR) is 117 cm³/mol. The third kappa shape index (κ3) is 5.44. The molecule has 2 aromatic carbocycles. The lowest BCUT2D eigenvalue weighted by molar-refractivity contribution is -0.120. The van der Waals surface area contributed by atoms with E-state index >= 15 is 0 Å². The monoisotopic (exact) mass is 454 g/mol. The average Bonchev–Trinajstić information content (AvgIpc) is 2.69. The van der Waals surface area contributed by atoms with Crippen LogP contribution in [-0.2, 0) is 14.8 Å². The van der Waals surface area contributed by atoms with Crippen molar-refractivity contribution in [2.45, 2.75) is 50.0 Å². The molecule has 0 spiro atoms. The number of anilines is 1. The number of benzene rings is 2. The highest BCUT2D eigenvalue weighted by atomic mass is 35.5. The van der Waals surface area contributed by atoms with Gasteiger partial charge in [0.1, 0.15) is 6.54 Å². The van der Waals surface area contributed by atoms with Crippen molar-refractivity contribution in [3.8, 4) is 0 Å². The molecule has 0 saturated heterocycles. The van der Waals surface area contributed by atoms with Crippen LogP contribution in [0.25, 0.3) is 0 Å². The van der Waals surface area contributed by atoms with Crippen molar-refractivity contribution in [3.05, 3.63) is 58.1 Å². The number of nitrogens with zero attached hydrogens (tertiary/aromatic N) is 1. The van der Waals surface area contributed by atoms with Crippen molar-refractivity contribution in [2.24, 2.45) is 0 Å². The quantitative estimate of drug-likeness (QED) is 0.671. The second-order valence-electron chi connectivity index (χ2n) is 7.33. The molecule has 156 valence electrons. The Labute approximate surface area is 182 Å². The number of sulfonamides is 1. The summed E-state index contributed by atoms with van der Waals surface area (Å²) >= 11 is 12.1. The maximum atomic E-state index is 13.3. The van der Waals surface area contributed by atoms with Crippen LogP contribution in [0.1, 0.15) is 37.7 Å². The highest BCUT2D eigenvalue weighted by molar-refractivity contribution is 7.92. The fourth-order valence-electron chi connectivity index (χ4n) is 3.44. The van der Waals surface area contributed by atoms with Crippen LogP contribution in [0, 0.1) is 6.92 Å². The van der Waals surface area contributed by atoms with Crippen LogP contribution in [0.2, 0.25) is 10.0 Å². The molecule has 0 unspecified atom stereocenters. The summed E-state index contributed by atoms with van der Waals surface area (Å²) in [5, 5.41) is 3.51. The van der Waals surface area contributed by atoms with Crippen molar-refractivity contribution in [3.63, 3.8) is 0 Å². The predicted octanol–water partition coefficient (Wildman–Crippen LogP) is 4.95. The number of aryl methyl sites for hydroxylation is 1. The van der Waals surface area contributed by atoms with E-state index in [1.54, 1.807) is 18.2 Å². The molecule has 0 heterocycles. The van der Waals surface area contributed by atoms with Crippen molar-refractivity contribution in [1.82, 2.24) is 5.32 Å². The van der Waals surface area contributed by atoms with E-state index in [4.69, 9.17) is 23.2 Å². The van der Waals surface area contributed by atoms with Crippen LogP contribution in [0.4, 0.5) is 5.69 Å². The molecule has 1 N–H and O–H groups in total. The summed E-state index contributed by atoms with van der Waals surface area (Å²) in [5.41, 5.74) is 1.24. The minimum atomic E-state index is -3.97. The molecule has 8 heteroatoms. The minimum absolute atomic E-state index is 0.0917. The highest BCUT2D eigenvalue weighted by Gasteiger charge is 2.28. The van der Waals surface area contributed by atoms with Crippen LogP contribution in [-0.4, -0.2) is 26.9 Å². The third-order valence-corrected chi connectivity index (χ3v) is 7.58. The Bertz CT molecular complexity index is 972. The molecule has 1 aliphatic carbocycles. The van der Waals surface area contributed by atoms with Gasteiger partial charge in [0.25, 0.3) is 10.0 Å². The maximum absolute atomic E-state index is 13.3. The van der Waals surface area contributed by atoms with Crippen LogP contribution in [0.3, 0.4) is 0 Å². The van der Waals surface area contributed by atoms with Crippen LogP contribution >= 0.6 is 23.2 Å². The number of hydrogen-bond acceptors (Lipinski definition) is 3. The van der Waals surface area contributed by atoms with E-state index in [0.717, 1.165) is 35.6 Å². The first-order chi connectivity index (χ1) is 13.8. The summed E-state index contributed by atoms with van der Waals surface area (Å²) in [4.78, 5) is 12.8. The minimum Gasteiger partial charge on any atom is -0.352 e. The van der Waals surface area contributed by atoms with E-state index < -0.39 is 10.0 Å². The summed E-state index contributed by atoms with van der Waals surface area (Å²) in [5.74, 6) is -0.335. The van der Waals surface area contributed by atoms with E-state index in [9.17, 15) is 13.2 Å². The number of rotatable bonds is 6. The van der Waals surface area contributed by atoms with Gasteiger partial charge in [-0.25, -0.2) is 8.42 Å². The van der Waals surface area contributed by atoms with E-state index in [-0.39, 0.29) is 28.4 Å². The maximum Gasteiger partial charge on any atom is 0.264 e. The van der Waals surface area contributed by atoms with Crippen LogP contribution in [0.15, 0.2) is 47.4 Å². The zero-order chi connectivity index (χ0) is 21.0. The molecular formula is C21H24Cl2N2O3S. The van der Waals surface area contributed by atoms with Crippen LogP contribution < -0.4 is 9.62 Å². The molecule has 0 aliphatic heterocycles. The van der Waals surface area contributed by atoms with E-state index in [0.29, 0.717) is 10.7 Å². The fourth-order valence-corrected chi connectivity index (χ4v) is 5.15. The van der Waals surface area contributed by atoms with Gasteiger partial charge >= 0.3 is 0 Å². The molecule has 1 amide bonds. The number of carbonyl (C=O) groups is 1. The molecule has 0 bridgehead atoms. The van der Waals surface area contributed by atoms with Gasteiger partial charge in [0, 0.05) is 6.04 Å². The van der Waals surface area contributed by atoms with Gasteiger partial charge in [-0.3, -0.25) is 9.10 Å². The molecule has 0 radical (unpaired) electrons. The molecule has 0 atom stereocenters. The van der Waals surface area contributed by atoms with Gasteiger partial charge < -0.3 is 5.32 Å². The number of halogens is 2. The van der Waals surface area contributed by atoms with Gasteiger partial charge in [0.05, 0.1) is 20.6 Å². The van der Waals surface area contributed by atoms with Gasteiger partial charge in [-0.1, -0.05) is 60.2 Å². The zero-order valence-electron chi connectivity index (χ0n) is 16.2. The van der Waals surface area contributed by atoms with Crippen molar-refractivity contribution < 1.29 is 13.2 Å². The smallest absolute Gasteiger partial charge is 0.264 e. The molecule has 2 aromatic rings. The lowest BCUT2D eigenvalue weighted by Crippen LogP contribution is -2.44. The van der Waals surface area contributed by atoms with Gasteiger partial charge in [0.2, 0.25) is 5.91 Å². The number of hydrogen-bond donors (Lipinski definition) is 1. The summed E-state index contributed by atoms with van der Waals surface area (Å²) in [7, 11) is -3.97. The second-order valence-corrected chi connectivity index (χ2v) is 10.0. The lowest BCUT2D eigenvalue weighted by atomic mass is 9.95. The fraction of sp³-hybridized carbons (Fsp3) is 0.381. The van der Waals surface area contributed by atoms with Gasteiger partial charge in [-0.15, -0.1) is 0 Å². The van der Waals surface area contributed by atoms with Crippen LogP contribution in [0.5, 0.6) is 0 Å². The van der Waals surface area contributed by atoms with Gasteiger partial charge in [0.15, 0.2) is 0 Å². The van der Waals surface area contributed by atoms with Crippen molar-refractivity contribution >= 4 is 44.8 Å². The largest absolute Gasteiger partial charge is 0.352 e. The van der Waals surface area contributed by atoms with E-state index in [1.165, 1.54) is 30.7 Å². The molecule has 1 aliphatic rings. The van der Waals surface area contributed by atoms with Gasteiger partial charge in [-0.2, -0.15) is 0 Å². The van der Waals surface area contributed by atoms with E-state index in [1.807, 2.05) is 6.92 Å². The Morgan fingerprint density at radius 1 is 1.03 bits per heavy atom. The molecule has 1 fully saturated rings. The highest BCUT2D eigenvalue weighted by Crippen LogP contribution is 2.30. The van der Waals surface area contributed by atoms with E-state index in [2.05, 4.69) is 5.32 Å². The van der Waals surface area contributed by atoms with Crippen molar-refractivity contribution in [2.75, 3.05) is 10.8 Å². The Balaban J connectivity index is 1.91. The first-order valence-electron chi connectivity index (χ1n) is 9.61. The first kappa shape index (κ1) is 21.9. The molecule has 0 aromatic heterocycles. The Morgan fingerprint density at radius 2 is 1.69 bits per heavy atom. The molecule has 1 saturated carbocycles. The van der Waals surface area contributed by atoms with Crippen molar-refractivity contribution in [1.29, 1.82) is 0 Å². The number of nitrogens with one attached hydrogen (secondary N) is 1. The SMILES string of the molecule is Cc1ccc(S(=O)(=O)N(CC(=O)NC2CCCCC2)c2ccc(Cl)c(Cl)c2)cc1. The molecule has 29 heavy (non-hydrogen) atoms. The second kappa shape index (κ2) is 9.37. The zero-order valence-corrected chi connectivity index (χ0v) is 18.5. The lowest BCUT2D eigenvalue weighted by Gasteiger charge is -2.27. The summed E-state index contributed by atoms with van der Waals surface area (Å²) in [6, 6.07) is 11.1. The number of carbonyl (C=O) groups excluding carboxylic acids is 1.